The highest BCUT2D eigenvalue weighted by molar-refractivity contribution is 7.80. The second kappa shape index (κ2) is 9.14. The molecule has 1 rings (SSSR count). The highest BCUT2D eigenvalue weighted by Gasteiger charge is 2.04. The van der Waals surface area contributed by atoms with Crippen LogP contribution in [-0.4, -0.2) is 31.6 Å². The number of hydrogen-bond donors (Lipinski definition) is 2. The van der Waals surface area contributed by atoms with Gasteiger partial charge < -0.3 is 14.8 Å². The van der Waals surface area contributed by atoms with Crippen LogP contribution in [0.25, 0.3) is 0 Å². The van der Waals surface area contributed by atoms with Crippen molar-refractivity contribution >= 4 is 23.5 Å². The topological polar surface area (TPSA) is 54.9 Å². The van der Waals surface area contributed by atoms with Crippen molar-refractivity contribution in [2.75, 3.05) is 20.3 Å². The Morgan fingerprint density at radius 3 is 2.80 bits per heavy atom. The Kier molecular flexibility index (Phi) is 7.42. The molecule has 0 atom stereocenters. The minimum Gasteiger partial charge on any atom is -0.493 e. The zero-order valence-electron chi connectivity index (χ0n) is 12.1. The summed E-state index contributed by atoms with van der Waals surface area (Å²) in [4.78, 5) is 0. The van der Waals surface area contributed by atoms with E-state index in [9.17, 15) is 0 Å². The monoisotopic (exact) mass is 295 g/mol. The second-order valence-corrected chi connectivity index (χ2v) is 4.40. The Labute approximate surface area is 125 Å². The number of rotatable bonds is 7. The molecule has 0 aliphatic carbocycles. The predicted molar refractivity (Wildman–Crippen MR) is 85.8 cm³/mol. The minimum absolute atomic E-state index is 0.499. The van der Waals surface area contributed by atoms with Gasteiger partial charge in [0.15, 0.2) is 16.6 Å². The van der Waals surface area contributed by atoms with Gasteiger partial charge in [-0.25, -0.2) is 0 Å². The molecule has 0 aromatic heterocycles. The first kappa shape index (κ1) is 16.2. The second-order valence-electron chi connectivity index (χ2n) is 3.99. The molecule has 5 nitrogen and oxygen atoms in total. The lowest BCUT2D eigenvalue weighted by atomic mass is 10.2. The number of hydrazone groups is 1. The van der Waals surface area contributed by atoms with E-state index >= 15 is 0 Å². The highest BCUT2D eigenvalue weighted by atomic mass is 32.1. The Morgan fingerprint density at radius 1 is 1.35 bits per heavy atom. The summed E-state index contributed by atoms with van der Waals surface area (Å²) in [5.41, 5.74) is 3.64. The van der Waals surface area contributed by atoms with E-state index in [0.29, 0.717) is 17.5 Å². The van der Waals surface area contributed by atoms with Crippen LogP contribution in [0.1, 0.15) is 25.8 Å². The number of benzene rings is 1. The fourth-order valence-electron chi connectivity index (χ4n) is 1.46. The number of nitrogens with zero attached hydrogens (tertiary/aromatic N) is 1. The van der Waals surface area contributed by atoms with Crippen molar-refractivity contribution in [3.8, 4) is 11.5 Å². The fraction of sp³-hybridized carbons (Fsp3) is 0.429. The lowest BCUT2D eigenvalue weighted by molar-refractivity contribution is 0.294. The zero-order chi connectivity index (χ0) is 14.8. The number of methoxy groups -OCH3 is 1. The van der Waals surface area contributed by atoms with E-state index in [1.807, 2.05) is 25.1 Å². The van der Waals surface area contributed by atoms with Gasteiger partial charge in [0.25, 0.3) is 0 Å². The van der Waals surface area contributed by atoms with Crippen molar-refractivity contribution in [2.45, 2.75) is 20.3 Å². The molecule has 20 heavy (non-hydrogen) atoms. The quantitative estimate of drug-likeness (QED) is 0.459. The van der Waals surface area contributed by atoms with Gasteiger partial charge >= 0.3 is 0 Å². The van der Waals surface area contributed by atoms with Crippen molar-refractivity contribution in [3.63, 3.8) is 0 Å². The fourth-order valence-corrected chi connectivity index (χ4v) is 1.66. The summed E-state index contributed by atoms with van der Waals surface area (Å²) in [6.07, 6.45) is 2.63. The lowest BCUT2D eigenvalue weighted by Crippen LogP contribution is -2.31. The molecular formula is C14H21N3O2S. The molecule has 0 aliphatic heterocycles. The summed E-state index contributed by atoms with van der Waals surface area (Å²) in [6.45, 7) is 5.46. The van der Waals surface area contributed by atoms with Gasteiger partial charge in [-0.15, -0.1) is 0 Å². The molecule has 0 saturated carbocycles. The van der Waals surface area contributed by atoms with Crippen molar-refractivity contribution in [2.24, 2.45) is 5.10 Å². The van der Waals surface area contributed by atoms with E-state index < -0.39 is 0 Å². The first-order valence-electron chi connectivity index (χ1n) is 6.59. The maximum atomic E-state index is 5.59. The third-order valence-electron chi connectivity index (χ3n) is 2.37. The van der Waals surface area contributed by atoms with Crippen LogP contribution in [0.3, 0.4) is 0 Å². The van der Waals surface area contributed by atoms with Crippen LogP contribution in [0.2, 0.25) is 0 Å². The van der Waals surface area contributed by atoms with E-state index in [2.05, 4.69) is 22.8 Å². The molecule has 0 spiro atoms. The van der Waals surface area contributed by atoms with Crippen LogP contribution in [0.15, 0.2) is 23.3 Å². The van der Waals surface area contributed by atoms with E-state index in [0.717, 1.165) is 24.3 Å². The Hall–Kier alpha value is -1.82. The van der Waals surface area contributed by atoms with Gasteiger partial charge in [-0.1, -0.05) is 6.92 Å². The van der Waals surface area contributed by atoms with Crippen LogP contribution in [0.4, 0.5) is 0 Å². The summed E-state index contributed by atoms with van der Waals surface area (Å²) in [6, 6.07) is 5.65. The van der Waals surface area contributed by atoms with Gasteiger partial charge in [-0.2, -0.15) is 5.10 Å². The van der Waals surface area contributed by atoms with E-state index in [1.165, 1.54) is 0 Å². The Morgan fingerprint density at radius 2 is 2.15 bits per heavy atom. The molecule has 0 radical (unpaired) electrons. The number of thiocarbonyl (C=S) groups is 1. The first-order valence-corrected chi connectivity index (χ1v) is 6.99. The molecule has 0 saturated heterocycles. The molecule has 110 valence electrons. The summed E-state index contributed by atoms with van der Waals surface area (Å²) >= 11 is 5.01. The van der Waals surface area contributed by atoms with E-state index in [1.54, 1.807) is 13.3 Å². The SMILES string of the molecule is CCCOc1ccc(C=NNC(=S)NCC)cc1OC. The molecule has 0 amide bonds. The van der Waals surface area contributed by atoms with Crippen LogP contribution < -0.4 is 20.2 Å². The van der Waals surface area contributed by atoms with Gasteiger partial charge in [-0.05, 0) is 49.3 Å². The maximum absolute atomic E-state index is 5.59. The largest absolute Gasteiger partial charge is 0.493 e. The maximum Gasteiger partial charge on any atom is 0.186 e. The molecule has 1 aromatic carbocycles. The first-order chi connectivity index (χ1) is 9.71. The molecule has 1 aromatic rings. The summed E-state index contributed by atoms with van der Waals surface area (Å²) in [7, 11) is 1.62. The Bertz CT molecular complexity index is 464. The van der Waals surface area contributed by atoms with Crippen molar-refractivity contribution in [1.29, 1.82) is 0 Å². The van der Waals surface area contributed by atoms with Crippen LogP contribution in [0, 0.1) is 0 Å². The number of hydrogen-bond acceptors (Lipinski definition) is 4. The van der Waals surface area contributed by atoms with Gasteiger partial charge in [0.2, 0.25) is 0 Å². The molecule has 0 unspecified atom stereocenters. The summed E-state index contributed by atoms with van der Waals surface area (Å²) < 4.78 is 10.9. The lowest BCUT2D eigenvalue weighted by Gasteiger charge is -2.10. The molecule has 0 heterocycles. The highest BCUT2D eigenvalue weighted by Crippen LogP contribution is 2.27. The van der Waals surface area contributed by atoms with Crippen LogP contribution in [0.5, 0.6) is 11.5 Å². The molecular weight excluding hydrogens is 274 g/mol. The molecule has 0 aliphatic rings. The van der Waals surface area contributed by atoms with Crippen LogP contribution in [-0.2, 0) is 0 Å². The summed E-state index contributed by atoms with van der Waals surface area (Å²) in [5.74, 6) is 1.43. The van der Waals surface area contributed by atoms with E-state index in [4.69, 9.17) is 21.7 Å². The van der Waals surface area contributed by atoms with E-state index in [-0.39, 0.29) is 0 Å². The van der Waals surface area contributed by atoms with Gasteiger partial charge in [0.05, 0.1) is 19.9 Å². The predicted octanol–water partition coefficient (Wildman–Crippen LogP) is 2.30. The molecule has 0 bridgehead atoms. The third-order valence-corrected chi connectivity index (χ3v) is 2.60. The standard InChI is InChI=1S/C14H21N3O2S/c1-4-8-19-12-7-6-11(9-13(12)18-3)10-16-17-14(20)15-5-2/h6-7,9-10H,4-5,8H2,1-3H3,(H2,15,17,20). The van der Waals surface area contributed by atoms with Crippen molar-refractivity contribution in [1.82, 2.24) is 10.7 Å². The van der Waals surface area contributed by atoms with Gasteiger partial charge in [-0.3, -0.25) is 5.43 Å². The van der Waals surface area contributed by atoms with Crippen molar-refractivity contribution < 1.29 is 9.47 Å². The molecule has 0 fully saturated rings. The minimum atomic E-state index is 0.499. The summed E-state index contributed by atoms with van der Waals surface area (Å²) in [5, 5.41) is 7.50. The van der Waals surface area contributed by atoms with Crippen LogP contribution >= 0.6 is 12.2 Å². The smallest absolute Gasteiger partial charge is 0.186 e. The van der Waals surface area contributed by atoms with Gasteiger partial charge in [0, 0.05) is 6.54 Å². The normalized spacial score (nSPS) is 10.3. The average Bonchev–Trinajstić information content (AvgIpc) is 2.46. The number of ether oxygens (including phenoxy) is 2. The number of nitrogens with one attached hydrogen (secondary N) is 2. The third kappa shape index (κ3) is 5.44. The average molecular weight is 295 g/mol. The Balaban J connectivity index is 2.67. The van der Waals surface area contributed by atoms with Crippen molar-refractivity contribution in [3.05, 3.63) is 23.8 Å². The van der Waals surface area contributed by atoms with Gasteiger partial charge in [0.1, 0.15) is 0 Å². The zero-order valence-corrected chi connectivity index (χ0v) is 12.9. The molecule has 6 heteroatoms. The molecule has 2 N–H and O–H groups in total.